The molecule has 178 valence electrons. The molecular formula is C24H30F2IN5O. The number of aromatic nitrogens is 1. The number of hydrogen-bond acceptors (Lipinski definition) is 3. The predicted molar refractivity (Wildman–Crippen MR) is 140 cm³/mol. The van der Waals surface area contributed by atoms with Gasteiger partial charge in [-0.25, -0.2) is 13.8 Å². The minimum absolute atomic E-state index is 0. The van der Waals surface area contributed by atoms with E-state index >= 15 is 0 Å². The first-order valence-corrected chi connectivity index (χ1v) is 11.0. The highest BCUT2D eigenvalue weighted by molar-refractivity contribution is 14.0. The van der Waals surface area contributed by atoms with Gasteiger partial charge in [0.25, 0.3) is 0 Å². The Kier molecular flexibility index (Phi) is 9.30. The van der Waals surface area contributed by atoms with Crippen LogP contribution < -0.4 is 15.5 Å². The number of fused-ring (bicyclic) bond motifs is 1. The van der Waals surface area contributed by atoms with Gasteiger partial charge < -0.3 is 25.3 Å². The molecule has 1 aliphatic heterocycles. The van der Waals surface area contributed by atoms with Crippen molar-refractivity contribution in [2.24, 2.45) is 4.99 Å². The summed E-state index contributed by atoms with van der Waals surface area (Å²) in [6.45, 7) is 6.36. The summed E-state index contributed by atoms with van der Waals surface area (Å²) in [5.41, 5.74) is 3.39. The Labute approximate surface area is 209 Å². The van der Waals surface area contributed by atoms with Crippen molar-refractivity contribution in [3.8, 4) is 0 Å². The third-order valence-corrected chi connectivity index (χ3v) is 5.54. The van der Waals surface area contributed by atoms with Crippen LogP contribution in [0.15, 0.2) is 47.6 Å². The van der Waals surface area contributed by atoms with Crippen LogP contribution in [-0.2, 0) is 17.7 Å². The van der Waals surface area contributed by atoms with E-state index in [0.717, 1.165) is 28.5 Å². The number of morpholine rings is 1. The van der Waals surface area contributed by atoms with E-state index in [1.807, 2.05) is 30.2 Å². The molecule has 1 fully saturated rings. The lowest BCUT2D eigenvalue weighted by Crippen LogP contribution is -2.38. The number of ether oxygens (including phenoxy) is 1. The number of hydrogen-bond donors (Lipinski definition) is 3. The van der Waals surface area contributed by atoms with Crippen molar-refractivity contribution in [3.63, 3.8) is 0 Å². The van der Waals surface area contributed by atoms with Crippen LogP contribution in [0.1, 0.15) is 18.1 Å². The Morgan fingerprint density at radius 1 is 1.12 bits per heavy atom. The van der Waals surface area contributed by atoms with Crippen molar-refractivity contribution >= 4 is 46.5 Å². The van der Waals surface area contributed by atoms with E-state index in [1.165, 1.54) is 6.07 Å². The quantitative estimate of drug-likeness (QED) is 0.227. The smallest absolute Gasteiger partial charge is 0.191 e. The van der Waals surface area contributed by atoms with Crippen LogP contribution in [0, 0.1) is 11.6 Å². The summed E-state index contributed by atoms with van der Waals surface area (Å²) in [6.07, 6.45) is 2.63. The molecule has 0 bridgehead atoms. The molecule has 0 aliphatic carbocycles. The Morgan fingerprint density at radius 3 is 2.70 bits per heavy atom. The second kappa shape index (κ2) is 12.2. The molecule has 2 heterocycles. The van der Waals surface area contributed by atoms with Gasteiger partial charge in [-0.15, -0.1) is 24.0 Å². The first-order chi connectivity index (χ1) is 15.6. The fraction of sp³-hybridized carbons (Fsp3) is 0.375. The zero-order chi connectivity index (χ0) is 22.3. The molecule has 9 heteroatoms. The summed E-state index contributed by atoms with van der Waals surface area (Å²) >= 11 is 0. The number of nitrogens with one attached hydrogen (secondary N) is 3. The topological polar surface area (TPSA) is 64.7 Å². The van der Waals surface area contributed by atoms with Crippen LogP contribution in [-0.4, -0.2) is 50.3 Å². The number of benzene rings is 2. The summed E-state index contributed by atoms with van der Waals surface area (Å²) in [5.74, 6) is 0.188. The number of aromatic amines is 1. The highest BCUT2D eigenvalue weighted by atomic mass is 127. The van der Waals surface area contributed by atoms with Crippen LogP contribution in [0.4, 0.5) is 14.5 Å². The molecule has 1 aromatic heterocycles. The summed E-state index contributed by atoms with van der Waals surface area (Å²) < 4.78 is 33.5. The van der Waals surface area contributed by atoms with Crippen LogP contribution in [0.5, 0.6) is 0 Å². The maximum atomic E-state index is 14.6. The number of rotatable bonds is 7. The SMILES string of the molecule is CCNC(=NCc1ccc(N2CCOCC2)c(F)c1)NCCc1c[nH]c2ccc(F)cc12.I. The van der Waals surface area contributed by atoms with Gasteiger partial charge in [0.1, 0.15) is 11.6 Å². The molecular weight excluding hydrogens is 539 g/mol. The molecule has 0 unspecified atom stereocenters. The number of guanidine groups is 1. The van der Waals surface area contributed by atoms with Gasteiger partial charge in [0.15, 0.2) is 5.96 Å². The molecule has 0 radical (unpaired) electrons. The van der Waals surface area contributed by atoms with Crippen molar-refractivity contribution in [3.05, 3.63) is 65.4 Å². The van der Waals surface area contributed by atoms with E-state index in [0.29, 0.717) is 57.6 Å². The Hall–Kier alpha value is -2.40. The second-order valence-electron chi connectivity index (χ2n) is 7.76. The highest BCUT2D eigenvalue weighted by Crippen LogP contribution is 2.22. The molecule has 3 N–H and O–H groups in total. The molecule has 0 saturated carbocycles. The van der Waals surface area contributed by atoms with Gasteiger partial charge in [-0.3, -0.25) is 0 Å². The number of anilines is 1. The summed E-state index contributed by atoms with van der Waals surface area (Å²) in [4.78, 5) is 9.77. The van der Waals surface area contributed by atoms with Gasteiger partial charge >= 0.3 is 0 Å². The lowest BCUT2D eigenvalue weighted by atomic mass is 10.1. The molecule has 6 nitrogen and oxygen atoms in total. The zero-order valence-electron chi connectivity index (χ0n) is 18.7. The molecule has 3 aromatic rings. The Bertz CT molecular complexity index is 1080. The molecule has 1 saturated heterocycles. The molecule has 4 rings (SSSR count). The molecule has 0 spiro atoms. The normalized spacial score (nSPS) is 14.3. The van der Waals surface area contributed by atoms with Crippen LogP contribution in [0.2, 0.25) is 0 Å². The number of H-pyrrole nitrogens is 1. The number of nitrogens with zero attached hydrogens (tertiary/aromatic N) is 2. The van der Waals surface area contributed by atoms with Gasteiger partial charge in [0, 0.05) is 43.3 Å². The number of aliphatic imine (C=N–C) groups is 1. The third-order valence-electron chi connectivity index (χ3n) is 5.54. The van der Waals surface area contributed by atoms with Gasteiger partial charge in [-0.05, 0) is 54.8 Å². The number of halogens is 3. The summed E-state index contributed by atoms with van der Waals surface area (Å²) in [5, 5.41) is 7.41. The van der Waals surface area contributed by atoms with E-state index in [-0.39, 0.29) is 35.6 Å². The van der Waals surface area contributed by atoms with Crippen LogP contribution in [0.3, 0.4) is 0 Å². The van der Waals surface area contributed by atoms with Crippen molar-refractivity contribution in [1.29, 1.82) is 0 Å². The Morgan fingerprint density at radius 2 is 1.94 bits per heavy atom. The third kappa shape index (κ3) is 6.57. The van der Waals surface area contributed by atoms with Crippen molar-refractivity contribution in [1.82, 2.24) is 15.6 Å². The van der Waals surface area contributed by atoms with Gasteiger partial charge in [0.05, 0.1) is 25.4 Å². The van der Waals surface area contributed by atoms with E-state index < -0.39 is 0 Å². The first-order valence-electron chi connectivity index (χ1n) is 11.0. The fourth-order valence-electron chi connectivity index (χ4n) is 3.89. The van der Waals surface area contributed by atoms with Gasteiger partial charge in [-0.2, -0.15) is 0 Å². The second-order valence-corrected chi connectivity index (χ2v) is 7.76. The largest absolute Gasteiger partial charge is 0.378 e. The Balaban J connectivity index is 0.00000306. The molecule has 2 aromatic carbocycles. The maximum Gasteiger partial charge on any atom is 0.191 e. The minimum Gasteiger partial charge on any atom is -0.378 e. The fourth-order valence-corrected chi connectivity index (χ4v) is 3.89. The lowest BCUT2D eigenvalue weighted by molar-refractivity contribution is 0.122. The monoisotopic (exact) mass is 569 g/mol. The average molecular weight is 569 g/mol. The molecule has 0 atom stereocenters. The van der Waals surface area contributed by atoms with Crippen molar-refractivity contribution < 1.29 is 13.5 Å². The van der Waals surface area contributed by atoms with E-state index in [4.69, 9.17) is 4.74 Å². The van der Waals surface area contributed by atoms with Gasteiger partial charge in [0.2, 0.25) is 0 Å². The molecule has 1 aliphatic rings. The van der Waals surface area contributed by atoms with Gasteiger partial charge in [-0.1, -0.05) is 6.07 Å². The van der Waals surface area contributed by atoms with E-state index in [9.17, 15) is 8.78 Å². The van der Waals surface area contributed by atoms with E-state index in [2.05, 4.69) is 20.6 Å². The minimum atomic E-state index is -0.243. The van der Waals surface area contributed by atoms with Crippen LogP contribution in [0.25, 0.3) is 10.9 Å². The maximum absolute atomic E-state index is 14.6. The first kappa shape index (κ1) is 25.2. The molecule has 0 amide bonds. The standard InChI is InChI=1S/C24H29F2N5O.HI/c1-2-27-24(28-8-7-18-16-29-22-5-4-19(25)14-20(18)22)30-15-17-3-6-23(21(26)13-17)31-9-11-32-12-10-31;/h3-6,13-14,16,29H,2,7-12,15H2,1H3,(H2,27,28,30);1H. The predicted octanol–water partition coefficient (Wildman–Crippen LogP) is 4.20. The van der Waals surface area contributed by atoms with E-state index in [1.54, 1.807) is 18.2 Å². The summed E-state index contributed by atoms with van der Waals surface area (Å²) in [6, 6.07) is 10.0. The highest BCUT2D eigenvalue weighted by Gasteiger charge is 2.15. The molecule has 33 heavy (non-hydrogen) atoms. The average Bonchev–Trinajstić information content (AvgIpc) is 3.20. The van der Waals surface area contributed by atoms with Crippen molar-refractivity contribution in [2.75, 3.05) is 44.3 Å². The van der Waals surface area contributed by atoms with Crippen LogP contribution >= 0.6 is 24.0 Å². The summed E-state index contributed by atoms with van der Waals surface area (Å²) in [7, 11) is 0. The zero-order valence-corrected chi connectivity index (χ0v) is 21.0. The van der Waals surface area contributed by atoms with Crippen molar-refractivity contribution in [2.45, 2.75) is 19.9 Å². The lowest BCUT2D eigenvalue weighted by Gasteiger charge is -2.29.